The van der Waals surface area contributed by atoms with Gasteiger partial charge in [0.1, 0.15) is 5.75 Å². The molecule has 3 fully saturated rings. The Hall–Kier alpha value is -3.55. The van der Waals surface area contributed by atoms with E-state index in [0.29, 0.717) is 5.69 Å². The average molecular weight is 406 g/mol. The molecular weight excluding hydrogens is 388 g/mol. The average Bonchev–Trinajstić information content (AvgIpc) is 3.42. The van der Waals surface area contributed by atoms with E-state index in [1.165, 1.54) is 35.2 Å². The van der Waals surface area contributed by atoms with Gasteiger partial charge in [0, 0.05) is 18.2 Å². The van der Waals surface area contributed by atoms with E-state index in [2.05, 4.69) is 0 Å². The molecule has 2 aromatic carbocycles. The quantitative estimate of drug-likeness (QED) is 0.253. The molecule has 5 rings (SSSR count). The molecule has 3 aliphatic rings. The summed E-state index contributed by atoms with van der Waals surface area (Å²) >= 11 is 0. The molecule has 8 nitrogen and oxygen atoms in total. The molecule has 2 aromatic rings. The number of ether oxygens (including phenoxy) is 1. The Balaban J connectivity index is 1.38. The summed E-state index contributed by atoms with van der Waals surface area (Å²) in [6.45, 7) is 0. The second kappa shape index (κ2) is 6.76. The molecule has 2 aliphatic carbocycles. The van der Waals surface area contributed by atoms with Crippen molar-refractivity contribution in [2.24, 2.45) is 23.7 Å². The van der Waals surface area contributed by atoms with Gasteiger partial charge in [0.2, 0.25) is 11.8 Å². The third kappa shape index (κ3) is 2.79. The first-order valence-corrected chi connectivity index (χ1v) is 9.88. The first kappa shape index (κ1) is 18.5. The molecule has 0 spiro atoms. The largest absolute Gasteiger partial charge is 0.423 e. The predicted octanol–water partition coefficient (Wildman–Crippen LogP) is 3.35. The SMILES string of the molecule is O=C(Oc1cccc(N2C(=O)[C@@H]3[C@H]4CC[C@@H](C4)[C@@H]3C2=O)c1)c1cccc([N+](=O)[O-])c1. The summed E-state index contributed by atoms with van der Waals surface area (Å²) in [5.74, 6) is -0.819. The summed E-state index contributed by atoms with van der Waals surface area (Å²) < 4.78 is 5.34. The van der Waals surface area contributed by atoms with Crippen LogP contribution in [0.1, 0.15) is 29.6 Å². The zero-order chi connectivity index (χ0) is 21.0. The smallest absolute Gasteiger partial charge is 0.343 e. The number of carbonyl (C=O) groups is 3. The van der Waals surface area contributed by atoms with Crippen molar-refractivity contribution >= 4 is 29.2 Å². The van der Waals surface area contributed by atoms with Crippen LogP contribution in [0.5, 0.6) is 5.75 Å². The Morgan fingerprint density at radius 1 is 1.00 bits per heavy atom. The molecule has 8 heteroatoms. The Bertz CT molecular complexity index is 1070. The number of nitro benzene ring substituents is 1. The van der Waals surface area contributed by atoms with E-state index in [0.717, 1.165) is 25.3 Å². The number of carbonyl (C=O) groups excluding carboxylic acids is 3. The summed E-state index contributed by atoms with van der Waals surface area (Å²) in [6.07, 6.45) is 2.96. The van der Waals surface area contributed by atoms with Crippen molar-refractivity contribution in [3.63, 3.8) is 0 Å². The van der Waals surface area contributed by atoms with Gasteiger partial charge in [0.25, 0.3) is 5.69 Å². The Morgan fingerprint density at radius 3 is 2.33 bits per heavy atom. The summed E-state index contributed by atoms with van der Waals surface area (Å²) in [5, 5.41) is 10.9. The van der Waals surface area contributed by atoms with Crippen LogP contribution in [0.15, 0.2) is 48.5 Å². The molecule has 0 aromatic heterocycles. The fourth-order valence-electron chi connectivity index (χ4n) is 5.26. The van der Waals surface area contributed by atoms with Gasteiger partial charge in [-0.25, -0.2) is 9.69 Å². The van der Waals surface area contributed by atoms with Crippen molar-refractivity contribution in [3.8, 4) is 5.75 Å². The number of hydrogen-bond acceptors (Lipinski definition) is 6. The molecule has 152 valence electrons. The lowest BCUT2D eigenvalue weighted by Crippen LogP contribution is -2.32. The second-order valence-electron chi connectivity index (χ2n) is 8.09. The number of hydrogen-bond donors (Lipinski definition) is 0. The predicted molar refractivity (Wildman–Crippen MR) is 105 cm³/mol. The number of nitro groups is 1. The molecule has 30 heavy (non-hydrogen) atoms. The number of esters is 1. The van der Waals surface area contributed by atoms with E-state index in [1.807, 2.05) is 0 Å². The Kier molecular flexibility index (Phi) is 4.16. The molecule has 1 aliphatic heterocycles. The number of anilines is 1. The molecular formula is C22H18N2O6. The minimum atomic E-state index is -0.759. The molecule has 1 saturated heterocycles. The van der Waals surface area contributed by atoms with Gasteiger partial charge in [0.05, 0.1) is 28.0 Å². The summed E-state index contributed by atoms with van der Waals surface area (Å²) in [4.78, 5) is 49.9. The van der Waals surface area contributed by atoms with Crippen molar-refractivity contribution in [2.75, 3.05) is 4.90 Å². The maximum Gasteiger partial charge on any atom is 0.343 e. The number of imide groups is 1. The highest BCUT2D eigenvalue weighted by Crippen LogP contribution is 2.56. The number of nitrogens with zero attached hydrogens (tertiary/aromatic N) is 2. The fraction of sp³-hybridized carbons (Fsp3) is 0.318. The van der Waals surface area contributed by atoms with Gasteiger partial charge in [-0.15, -0.1) is 0 Å². The van der Waals surface area contributed by atoms with Crippen molar-refractivity contribution in [2.45, 2.75) is 19.3 Å². The topological polar surface area (TPSA) is 107 Å². The van der Waals surface area contributed by atoms with E-state index in [1.54, 1.807) is 12.1 Å². The van der Waals surface area contributed by atoms with Gasteiger partial charge in [-0.05, 0) is 49.3 Å². The fourth-order valence-corrected chi connectivity index (χ4v) is 5.26. The normalized spacial score (nSPS) is 26.7. The lowest BCUT2D eigenvalue weighted by Gasteiger charge is -2.19. The van der Waals surface area contributed by atoms with Crippen LogP contribution < -0.4 is 9.64 Å². The van der Waals surface area contributed by atoms with E-state index >= 15 is 0 Å². The summed E-state index contributed by atoms with van der Waals surface area (Å²) in [7, 11) is 0. The van der Waals surface area contributed by atoms with Gasteiger partial charge >= 0.3 is 5.97 Å². The number of benzene rings is 2. The van der Waals surface area contributed by atoms with E-state index < -0.39 is 10.9 Å². The molecule has 1 heterocycles. The minimum Gasteiger partial charge on any atom is -0.423 e. The van der Waals surface area contributed by atoms with Crippen molar-refractivity contribution in [3.05, 3.63) is 64.2 Å². The third-order valence-electron chi connectivity index (χ3n) is 6.51. The second-order valence-corrected chi connectivity index (χ2v) is 8.09. The molecule has 0 radical (unpaired) electrons. The van der Waals surface area contributed by atoms with Crippen LogP contribution in [0.2, 0.25) is 0 Å². The van der Waals surface area contributed by atoms with Crippen LogP contribution in [0.3, 0.4) is 0 Å². The van der Waals surface area contributed by atoms with Gasteiger partial charge in [-0.2, -0.15) is 0 Å². The van der Waals surface area contributed by atoms with Crippen LogP contribution in [0.4, 0.5) is 11.4 Å². The first-order chi connectivity index (χ1) is 14.4. The Labute approximate surface area is 171 Å². The maximum absolute atomic E-state index is 13.0. The van der Waals surface area contributed by atoms with E-state index in [4.69, 9.17) is 4.74 Å². The monoisotopic (exact) mass is 406 g/mol. The number of fused-ring (bicyclic) bond motifs is 5. The van der Waals surface area contributed by atoms with Crippen molar-refractivity contribution < 1.29 is 24.0 Å². The number of rotatable bonds is 4. The number of non-ortho nitro benzene ring substituents is 1. The molecule has 0 unspecified atom stereocenters. The zero-order valence-corrected chi connectivity index (χ0v) is 15.9. The van der Waals surface area contributed by atoms with Crippen molar-refractivity contribution in [1.29, 1.82) is 0 Å². The molecule has 2 saturated carbocycles. The highest BCUT2D eigenvalue weighted by molar-refractivity contribution is 6.22. The molecule has 2 bridgehead atoms. The van der Waals surface area contributed by atoms with E-state index in [-0.39, 0.29) is 52.5 Å². The van der Waals surface area contributed by atoms with Crippen LogP contribution in [0.25, 0.3) is 0 Å². The van der Waals surface area contributed by atoms with Gasteiger partial charge in [0.15, 0.2) is 0 Å². The molecule has 0 N–H and O–H groups in total. The lowest BCUT2D eigenvalue weighted by molar-refractivity contribution is -0.384. The van der Waals surface area contributed by atoms with E-state index in [9.17, 15) is 24.5 Å². The maximum atomic E-state index is 13.0. The van der Waals surface area contributed by atoms with Crippen LogP contribution in [-0.4, -0.2) is 22.7 Å². The zero-order valence-electron chi connectivity index (χ0n) is 15.9. The lowest BCUT2D eigenvalue weighted by atomic mass is 9.81. The first-order valence-electron chi connectivity index (χ1n) is 9.88. The van der Waals surface area contributed by atoms with Crippen LogP contribution >= 0.6 is 0 Å². The highest BCUT2D eigenvalue weighted by atomic mass is 16.6. The number of amides is 2. The molecule has 4 atom stereocenters. The Morgan fingerprint density at radius 2 is 1.67 bits per heavy atom. The van der Waals surface area contributed by atoms with Crippen molar-refractivity contribution in [1.82, 2.24) is 0 Å². The van der Waals surface area contributed by atoms with Crippen LogP contribution in [0, 0.1) is 33.8 Å². The van der Waals surface area contributed by atoms with Gasteiger partial charge in [-0.3, -0.25) is 19.7 Å². The third-order valence-corrected chi connectivity index (χ3v) is 6.51. The van der Waals surface area contributed by atoms with Gasteiger partial charge < -0.3 is 4.74 Å². The molecule has 2 amide bonds. The van der Waals surface area contributed by atoms with Gasteiger partial charge in [-0.1, -0.05) is 12.1 Å². The summed E-state index contributed by atoms with van der Waals surface area (Å²) in [6, 6.07) is 11.5. The minimum absolute atomic E-state index is 0.0361. The highest BCUT2D eigenvalue weighted by Gasteiger charge is 2.61. The standard InChI is InChI=1S/C22H18N2O6/c25-20-18-12-7-8-13(9-12)19(18)21(26)23(20)15-4-2-6-17(11-15)30-22(27)14-3-1-5-16(10-14)24(28)29/h1-6,10-13,18-19H,7-9H2/t12-,13-,18-,19+/m0/s1. The van der Waals surface area contributed by atoms with Crippen LogP contribution in [-0.2, 0) is 9.59 Å². The summed E-state index contributed by atoms with van der Waals surface area (Å²) in [5.41, 5.74) is 0.199.